The molecule has 1 aliphatic rings. The Hall–Kier alpha value is -3.60. The Kier molecular flexibility index (Phi) is 7.31. The number of carbonyl (C=O) groups excluding carboxylic acids is 1. The average Bonchev–Trinajstić information content (AvgIpc) is 3.32. The van der Waals surface area contributed by atoms with E-state index >= 15 is 0 Å². The number of carbonyl (C=O) groups is 1. The van der Waals surface area contributed by atoms with Crippen molar-refractivity contribution < 1.29 is 19.7 Å². The van der Waals surface area contributed by atoms with Crippen LogP contribution in [0, 0.1) is 17.8 Å². The van der Waals surface area contributed by atoms with Crippen molar-refractivity contribution in [3.63, 3.8) is 0 Å². The highest BCUT2D eigenvalue weighted by Gasteiger charge is 2.35. The van der Waals surface area contributed by atoms with Crippen molar-refractivity contribution in [3.05, 3.63) is 72.3 Å². The molecule has 2 aromatic carbocycles. The second kappa shape index (κ2) is 10.6. The average molecular weight is 460 g/mol. The molecule has 1 saturated carbocycles. The fourth-order valence-corrected chi connectivity index (χ4v) is 4.03. The fourth-order valence-electron chi connectivity index (χ4n) is 4.03. The van der Waals surface area contributed by atoms with Crippen molar-refractivity contribution in [2.75, 3.05) is 13.7 Å². The molecule has 1 amide bonds. The van der Waals surface area contributed by atoms with Gasteiger partial charge in [-0.3, -0.25) is 4.79 Å². The number of aliphatic hydroxyl groups is 2. The maximum atomic E-state index is 11.6. The Morgan fingerprint density at radius 3 is 2.41 bits per heavy atom. The number of hydrogen-bond acceptors (Lipinski definition) is 5. The van der Waals surface area contributed by atoms with Gasteiger partial charge in [-0.2, -0.15) is 0 Å². The predicted molar refractivity (Wildman–Crippen MR) is 129 cm³/mol. The second-order valence-corrected chi connectivity index (χ2v) is 8.46. The minimum absolute atomic E-state index is 0.0591. The highest BCUT2D eigenvalue weighted by atomic mass is 16.5. The third-order valence-corrected chi connectivity index (χ3v) is 6.05. The van der Waals surface area contributed by atoms with E-state index in [4.69, 9.17) is 4.74 Å². The number of hydrogen-bond donors (Lipinski definition) is 3. The number of benzene rings is 2. The molecule has 1 fully saturated rings. The molecule has 0 radical (unpaired) electrons. The van der Waals surface area contributed by atoms with Gasteiger partial charge in [-0.25, -0.2) is 4.98 Å². The number of amides is 1. The molecule has 0 spiro atoms. The molecule has 1 aromatic heterocycles. The van der Waals surface area contributed by atoms with Gasteiger partial charge in [0, 0.05) is 30.9 Å². The quantitative estimate of drug-likeness (QED) is 0.472. The summed E-state index contributed by atoms with van der Waals surface area (Å²) in [6.07, 6.45) is 4.15. The fraction of sp³-hybridized carbons (Fsp3) is 0.333. The first-order chi connectivity index (χ1) is 16.5. The molecule has 1 heterocycles. The standard InChI is InChI=1S/C27H29N3O4/c1-18(32)26-29-13-14-30(26)23(17-31)10-5-19-3-6-20(7-4-19)21-8-11-24(12-9-21)34-25-15-22(16-25)27(33)28-2/h3-4,6-9,11-14,18,22-23,25,31-32H,15-17H2,1-2H3,(H,28,33)/t18-,22?,23-,25?/m0/s1. The minimum atomic E-state index is -0.741. The van der Waals surface area contributed by atoms with Crippen molar-refractivity contribution in [1.29, 1.82) is 0 Å². The van der Waals surface area contributed by atoms with E-state index in [1.54, 1.807) is 30.9 Å². The van der Waals surface area contributed by atoms with Crippen LogP contribution in [0.2, 0.25) is 0 Å². The summed E-state index contributed by atoms with van der Waals surface area (Å²) < 4.78 is 7.66. The third-order valence-electron chi connectivity index (χ3n) is 6.05. The van der Waals surface area contributed by atoms with Gasteiger partial charge in [-0.05, 0) is 55.2 Å². The Labute approximate surface area is 199 Å². The van der Waals surface area contributed by atoms with Gasteiger partial charge in [0.05, 0.1) is 6.61 Å². The molecule has 7 heteroatoms. The van der Waals surface area contributed by atoms with E-state index < -0.39 is 12.1 Å². The molecule has 0 saturated heterocycles. The molecule has 176 valence electrons. The Bertz CT molecular complexity index is 1170. The van der Waals surface area contributed by atoms with Gasteiger partial charge in [0.25, 0.3) is 0 Å². The lowest BCUT2D eigenvalue weighted by Crippen LogP contribution is -2.42. The van der Waals surface area contributed by atoms with Crippen molar-refractivity contribution >= 4 is 5.91 Å². The van der Waals surface area contributed by atoms with Crippen LogP contribution in [0.4, 0.5) is 0 Å². The van der Waals surface area contributed by atoms with Gasteiger partial charge in [-0.15, -0.1) is 0 Å². The molecule has 1 aliphatic carbocycles. The molecule has 0 aliphatic heterocycles. The zero-order chi connectivity index (χ0) is 24.1. The summed E-state index contributed by atoms with van der Waals surface area (Å²) in [5.41, 5.74) is 2.96. The second-order valence-electron chi connectivity index (χ2n) is 8.46. The van der Waals surface area contributed by atoms with Gasteiger partial charge in [0.1, 0.15) is 29.8 Å². The summed E-state index contributed by atoms with van der Waals surface area (Å²) in [6, 6.07) is 15.3. The lowest BCUT2D eigenvalue weighted by atomic mass is 9.81. The van der Waals surface area contributed by atoms with E-state index in [2.05, 4.69) is 22.1 Å². The predicted octanol–water partition coefficient (Wildman–Crippen LogP) is 3.09. The number of nitrogens with zero attached hydrogens (tertiary/aromatic N) is 2. The zero-order valence-electron chi connectivity index (χ0n) is 19.3. The van der Waals surface area contributed by atoms with Crippen LogP contribution in [0.1, 0.15) is 43.3 Å². The van der Waals surface area contributed by atoms with Crippen LogP contribution >= 0.6 is 0 Å². The smallest absolute Gasteiger partial charge is 0.223 e. The van der Waals surface area contributed by atoms with Crippen LogP contribution < -0.4 is 10.1 Å². The minimum Gasteiger partial charge on any atom is -0.490 e. The molecule has 3 N–H and O–H groups in total. The molecule has 7 nitrogen and oxygen atoms in total. The van der Waals surface area contributed by atoms with Crippen molar-refractivity contribution in [2.24, 2.45) is 5.92 Å². The first-order valence-electron chi connectivity index (χ1n) is 11.4. The van der Waals surface area contributed by atoms with Crippen LogP contribution in [-0.4, -0.2) is 45.4 Å². The molecular formula is C27H29N3O4. The van der Waals surface area contributed by atoms with E-state index in [0.717, 1.165) is 35.3 Å². The van der Waals surface area contributed by atoms with Crippen LogP contribution in [0.5, 0.6) is 5.75 Å². The molecule has 2 atom stereocenters. The number of rotatable bonds is 7. The number of nitrogens with one attached hydrogen (secondary N) is 1. The Balaban J connectivity index is 1.37. The van der Waals surface area contributed by atoms with E-state index in [9.17, 15) is 15.0 Å². The summed E-state index contributed by atoms with van der Waals surface area (Å²) in [6.45, 7) is 1.46. The van der Waals surface area contributed by atoms with Crippen molar-refractivity contribution in [3.8, 4) is 28.7 Å². The van der Waals surface area contributed by atoms with E-state index in [0.29, 0.717) is 5.82 Å². The highest BCUT2D eigenvalue weighted by Crippen LogP contribution is 2.32. The lowest BCUT2D eigenvalue weighted by molar-refractivity contribution is -0.130. The topological polar surface area (TPSA) is 96.6 Å². The maximum absolute atomic E-state index is 11.6. The van der Waals surface area contributed by atoms with Crippen LogP contribution in [0.15, 0.2) is 60.9 Å². The maximum Gasteiger partial charge on any atom is 0.223 e. The van der Waals surface area contributed by atoms with E-state index in [-0.39, 0.29) is 24.5 Å². The first-order valence-corrected chi connectivity index (χ1v) is 11.4. The van der Waals surface area contributed by atoms with Gasteiger partial charge in [-0.1, -0.05) is 36.1 Å². The summed E-state index contributed by atoms with van der Waals surface area (Å²) in [5.74, 6) is 7.58. The van der Waals surface area contributed by atoms with Crippen LogP contribution in [0.3, 0.4) is 0 Å². The monoisotopic (exact) mass is 459 g/mol. The van der Waals surface area contributed by atoms with Gasteiger partial charge in [0.2, 0.25) is 5.91 Å². The SMILES string of the molecule is CNC(=O)C1CC(Oc2ccc(-c3ccc(C#C[C@@H](CO)n4ccnc4[C@H](C)O)cc3)cc2)C1. The molecule has 0 bridgehead atoms. The van der Waals surface area contributed by atoms with Gasteiger partial charge >= 0.3 is 0 Å². The molecule has 4 rings (SSSR count). The van der Waals surface area contributed by atoms with Crippen LogP contribution in [-0.2, 0) is 4.79 Å². The largest absolute Gasteiger partial charge is 0.490 e. The summed E-state index contributed by atoms with van der Waals surface area (Å²) >= 11 is 0. The molecule has 3 aromatic rings. The summed E-state index contributed by atoms with van der Waals surface area (Å²) in [5, 5.41) is 22.3. The van der Waals surface area contributed by atoms with Gasteiger partial charge < -0.3 is 24.8 Å². The third kappa shape index (κ3) is 5.30. The van der Waals surface area contributed by atoms with Crippen molar-refractivity contribution in [1.82, 2.24) is 14.9 Å². The summed E-state index contributed by atoms with van der Waals surface area (Å²) in [7, 11) is 1.66. The zero-order valence-corrected chi connectivity index (χ0v) is 19.3. The number of aromatic nitrogens is 2. The normalized spacial score (nSPS) is 18.7. The van der Waals surface area contributed by atoms with Crippen molar-refractivity contribution in [2.45, 2.75) is 38.0 Å². The number of ether oxygens (including phenoxy) is 1. The molecule has 0 unspecified atom stereocenters. The lowest BCUT2D eigenvalue weighted by Gasteiger charge is -2.34. The van der Waals surface area contributed by atoms with Gasteiger partial charge in [0.15, 0.2) is 0 Å². The van der Waals surface area contributed by atoms with E-state index in [1.165, 1.54) is 0 Å². The summed E-state index contributed by atoms with van der Waals surface area (Å²) in [4.78, 5) is 15.7. The number of imidazole rings is 1. The Morgan fingerprint density at radius 2 is 1.82 bits per heavy atom. The first kappa shape index (κ1) is 23.6. The number of aliphatic hydroxyl groups excluding tert-OH is 2. The van der Waals surface area contributed by atoms with Crippen LogP contribution in [0.25, 0.3) is 11.1 Å². The van der Waals surface area contributed by atoms with E-state index in [1.807, 2.05) is 48.5 Å². The highest BCUT2D eigenvalue weighted by molar-refractivity contribution is 5.79. The molecule has 34 heavy (non-hydrogen) atoms. The molecular weight excluding hydrogens is 430 g/mol. The Morgan fingerprint density at radius 1 is 1.18 bits per heavy atom.